The van der Waals surface area contributed by atoms with Crippen molar-refractivity contribution in [1.82, 2.24) is 14.6 Å². The zero-order valence-electron chi connectivity index (χ0n) is 16.9. The third-order valence-electron chi connectivity index (χ3n) is 3.47. The van der Waals surface area contributed by atoms with Gasteiger partial charge >= 0.3 is 0 Å². The Morgan fingerprint density at radius 3 is 2.43 bits per heavy atom. The maximum atomic E-state index is 10.8. The molecule has 152 valence electrons. The van der Waals surface area contributed by atoms with Crippen LogP contribution in [-0.2, 0) is 0 Å². The van der Waals surface area contributed by atoms with E-state index in [1.54, 1.807) is 10.7 Å². The lowest BCUT2D eigenvalue weighted by Crippen LogP contribution is -2.00. The number of fused-ring (bicyclic) bond motifs is 1. The van der Waals surface area contributed by atoms with E-state index >= 15 is 0 Å². The monoisotopic (exact) mass is 407 g/mol. The molecule has 2 N–H and O–H groups in total. The topological polar surface area (TPSA) is 68.6 Å². The number of hydrogen-bond acceptors (Lipinski definition) is 5. The molecule has 0 saturated heterocycles. The third kappa shape index (κ3) is 6.92. The van der Waals surface area contributed by atoms with Gasteiger partial charge < -0.3 is 5.73 Å². The standard InChI is InChI=1S/C17H21N5S.C3H6F2/c1-10(2)14(20-11(3)4)7-6-12(5)13-8-16(23)22-15(13)9-19-17(18)21-22;1-2-3(4)5/h6-9,23H,5H2,1-4H3,(H2,18,21);3H,2H2,1H3/b7-6-;. The van der Waals surface area contributed by atoms with E-state index in [1.165, 1.54) is 6.92 Å². The Labute approximate surface area is 170 Å². The lowest BCUT2D eigenvalue weighted by molar-refractivity contribution is 0.144. The summed E-state index contributed by atoms with van der Waals surface area (Å²) in [5.41, 5.74) is 11.3. The normalized spacial score (nSPS) is 10.8. The molecule has 0 bridgehead atoms. The molecular formula is C20H27F2N5S. The fourth-order valence-corrected chi connectivity index (χ4v) is 2.35. The fraction of sp³-hybridized carbons (Fsp3) is 0.350. The van der Waals surface area contributed by atoms with Crippen molar-refractivity contribution in [2.45, 2.75) is 52.5 Å². The minimum absolute atomic E-state index is 0.0278. The number of nitrogens with zero attached hydrogens (tertiary/aromatic N) is 4. The van der Waals surface area contributed by atoms with Crippen molar-refractivity contribution >= 4 is 35.4 Å². The first kappa shape index (κ1) is 23.6. The van der Waals surface area contributed by atoms with Crippen LogP contribution in [0.25, 0.3) is 11.1 Å². The van der Waals surface area contributed by atoms with Crippen LogP contribution in [0.4, 0.5) is 14.7 Å². The van der Waals surface area contributed by atoms with Crippen LogP contribution in [0.1, 0.15) is 46.6 Å². The Hall–Kier alpha value is -2.48. The average molecular weight is 408 g/mol. The van der Waals surface area contributed by atoms with Gasteiger partial charge in [-0.05, 0) is 45.4 Å². The van der Waals surface area contributed by atoms with Crippen molar-refractivity contribution in [3.8, 4) is 0 Å². The van der Waals surface area contributed by atoms with Gasteiger partial charge in [-0.1, -0.05) is 25.2 Å². The summed E-state index contributed by atoms with van der Waals surface area (Å²) in [6.45, 7) is 13.6. The summed E-state index contributed by atoms with van der Waals surface area (Å²) in [7, 11) is 0. The van der Waals surface area contributed by atoms with Crippen molar-refractivity contribution in [2.75, 3.05) is 5.73 Å². The third-order valence-corrected chi connectivity index (χ3v) is 3.79. The molecule has 0 radical (unpaired) electrons. The molecule has 0 unspecified atom stereocenters. The first-order valence-corrected chi connectivity index (χ1v) is 9.19. The number of hydrogen-bond donors (Lipinski definition) is 2. The molecule has 0 aliphatic rings. The van der Waals surface area contributed by atoms with Crippen molar-refractivity contribution in [1.29, 1.82) is 0 Å². The highest BCUT2D eigenvalue weighted by atomic mass is 32.1. The number of thiol groups is 1. The van der Waals surface area contributed by atoms with E-state index in [1.807, 2.05) is 45.9 Å². The molecule has 8 heteroatoms. The Kier molecular flexibility index (Phi) is 9.05. The molecule has 0 aliphatic carbocycles. The first-order chi connectivity index (χ1) is 13.1. The molecule has 0 amide bonds. The van der Waals surface area contributed by atoms with Crippen LogP contribution in [0.15, 0.2) is 52.3 Å². The Morgan fingerprint density at radius 1 is 1.32 bits per heavy atom. The van der Waals surface area contributed by atoms with Gasteiger partial charge in [-0.15, -0.1) is 17.7 Å². The molecule has 0 atom stereocenters. The minimum Gasteiger partial charge on any atom is -0.367 e. The predicted molar refractivity (Wildman–Crippen MR) is 116 cm³/mol. The van der Waals surface area contributed by atoms with E-state index in [2.05, 4.69) is 34.3 Å². The second-order valence-electron chi connectivity index (χ2n) is 6.43. The summed E-state index contributed by atoms with van der Waals surface area (Å²) in [4.78, 5) is 8.57. The Bertz CT molecular complexity index is 918. The molecule has 2 aromatic rings. The van der Waals surface area contributed by atoms with Crippen LogP contribution < -0.4 is 5.73 Å². The number of alkyl halides is 2. The Morgan fingerprint density at radius 2 is 1.93 bits per heavy atom. The average Bonchev–Trinajstić information content (AvgIpc) is 2.94. The summed E-state index contributed by atoms with van der Waals surface area (Å²) in [6, 6.07) is 1.90. The quantitative estimate of drug-likeness (QED) is 0.385. The van der Waals surface area contributed by atoms with Crippen LogP contribution in [0.2, 0.25) is 0 Å². The predicted octanol–water partition coefficient (Wildman–Crippen LogP) is 5.61. The Balaban J connectivity index is 0.000000696. The number of anilines is 1. The number of aromatic nitrogens is 3. The minimum atomic E-state index is -2.12. The largest absolute Gasteiger partial charge is 0.367 e. The molecule has 0 aliphatic heterocycles. The van der Waals surface area contributed by atoms with Crippen LogP contribution in [0, 0.1) is 0 Å². The lowest BCUT2D eigenvalue weighted by Gasteiger charge is -2.02. The van der Waals surface area contributed by atoms with Crippen molar-refractivity contribution in [3.63, 3.8) is 0 Å². The summed E-state index contributed by atoms with van der Waals surface area (Å²) >= 11 is 4.42. The van der Waals surface area contributed by atoms with Crippen molar-refractivity contribution in [3.05, 3.63) is 47.8 Å². The fourth-order valence-electron chi connectivity index (χ4n) is 2.07. The van der Waals surface area contributed by atoms with Crippen LogP contribution in [-0.4, -0.2) is 26.7 Å². The maximum Gasteiger partial charge on any atom is 0.238 e. The lowest BCUT2D eigenvalue weighted by atomic mass is 10.1. The van der Waals surface area contributed by atoms with Gasteiger partial charge in [0.25, 0.3) is 0 Å². The number of allylic oxidation sites excluding steroid dienone is 4. The van der Waals surface area contributed by atoms with E-state index in [4.69, 9.17) is 5.73 Å². The summed E-state index contributed by atoms with van der Waals surface area (Å²) < 4.78 is 23.2. The molecule has 2 rings (SSSR count). The number of nitrogens with two attached hydrogens (primary N) is 1. The molecule has 0 aromatic carbocycles. The maximum absolute atomic E-state index is 10.8. The molecule has 28 heavy (non-hydrogen) atoms. The smallest absolute Gasteiger partial charge is 0.238 e. The summed E-state index contributed by atoms with van der Waals surface area (Å²) in [5, 5.41) is 4.84. The molecular weight excluding hydrogens is 380 g/mol. The first-order valence-electron chi connectivity index (χ1n) is 8.74. The molecule has 0 fully saturated rings. The van der Waals surface area contributed by atoms with Gasteiger partial charge in [0.05, 0.1) is 22.4 Å². The van der Waals surface area contributed by atoms with Crippen LogP contribution in [0.3, 0.4) is 0 Å². The summed E-state index contributed by atoms with van der Waals surface area (Å²) in [5.74, 6) is 0.204. The van der Waals surface area contributed by atoms with Crippen LogP contribution in [0.5, 0.6) is 0 Å². The van der Waals surface area contributed by atoms with Gasteiger partial charge in [0.1, 0.15) is 0 Å². The van der Waals surface area contributed by atoms with Crippen molar-refractivity contribution < 1.29 is 8.78 Å². The highest BCUT2D eigenvalue weighted by Gasteiger charge is 2.10. The number of nitrogen functional groups attached to an aromatic ring is 1. The second kappa shape index (κ2) is 10.8. The van der Waals surface area contributed by atoms with Gasteiger partial charge in [-0.25, -0.2) is 18.3 Å². The van der Waals surface area contributed by atoms with E-state index in [-0.39, 0.29) is 12.4 Å². The van der Waals surface area contributed by atoms with Gasteiger partial charge in [0.2, 0.25) is 12.4 Å². The van der Waals surface area contributed by atoms with Gasteiger partial charge in [-0.2, -0.15) is 0 Å². The number of halogens is 2. The zero-order valence-corrected chi connectivity index (χ0v) is 17.8. The van der Waals surface area contributed by atoms with Gasteiger partial charge in [-0.3, -0.25) is 4.99 Å². The molecule has 0 saturated carbocycles. The second-order valence-corrected chi connectivity index (χ2v) is 6.89. The highest BCUT2D eigenvalue weighted by Crippen LogP contribution is 2.26. The van der Waals surface area contributed by atoms with Crippen molar-refractivity contribution in [2.24, 2.45) is 4.99 Å². The van der Waals surface area contributed by atoms with E-state index in [0.717, 1.165) is 33.6 Å². The van der Waals surface area contributed by atoms with E-state index < -0.39 is 6.43 Å². The zero-order chi connectivity index (χ0) is 21.4. The highest BCUT2D eigenvalue weighted by molar-refractivity contribution is 7.80. The number of rotatable bonds is 5. The molecule has 2 aromatic heterocycles. The number of aliphatic imine (C=N–C) groups is 1. The molecule has 2 heterocycles. The SMILES string of the molecule is C=C(/C=C\C(N=C(C)C)=C(C)C)c1cc(S)n2nc(N)ncc12.CCC(F)F. The van der Waals surface area contributed by atoms with E-state index in [9.17, 15) is 8.78 Å². The van der Waals surface area contributed by atoms with E-state index in [0.29, 0.717) is 5.03 Å². The molecule has 5 nitrogen and oxygen atoms in total. The molecule has 0 spiro atoms. The van der Waals surface area contributed by atoms with Gasteiger partial charge in [0.15, 0.2) is 0 Å². The van der Waals surface area contributed by atoms with Gasteiger partial charge in [0, 0.05) is 17.7 Å². The van der Waals surface area contributed by atoms with Crippen LogP contribution >= 0.6 is 12.6 Å². The summed E-state index contributed by atoms with van der Waals surface area (Å²) in [6.07, 6.45) is 3.43.